The maximum Gasteiger partial charge on any atom is 0.328 e. The van der Waals surface area contributed by atoms with Gasteiger partial charge in [-0.2, -0.15) is 0 Å². The lowest BCUT2D eigenvalue weighted by Gasteiger charge is -2.26. The van der Waals surface area contributed by atoms with Crippen molar-refractivity contribution < 1.29 is 9.90 Å². The molecule has 0 aromatic carbocycles. The van der Waals surface area contributed by atoms with Gasteiger partial charge in [0.25, 0.3) is 0 Å². The van der Waals surface area contributed by atoms with E-state index in [9.17, 15) is 4.79 Å². The molecule has 0 aliphatic carbocycles. The van der Waals surface area contributed by atoms with Crippen LogP contribution >= 0.6 is 0 Å². The minimum Gasteiger partial charge on any atom is -0.478 e. The first kappa shape index (κ1) is 16.1. The number of aliphatic carboxylic acids is 1. The van der Waals surface area contributed by atoms with Crippen molar-refractivity contribution in [2.75, 3.05) is 11.4 Å². The van der Waals surface area contributed by atoms with Gasteiger partial charge in [0.1, 0.15) is 0 Å². The minimum atomic E-state index is -0.975. The van der Waals surface area contributed by atoms with E-state index < -0.39 is 5.97 Å². The third-order valence-electron chi connectivity index (χ3n) is 2.96. The molecule has 0 unspecified atom stereocenters. The Morgan fingerprint density at radius 3 is 2.50 bits per heavy atom. The van der Waals surface area contributed by atoms with Crippen LogP contribution in [0.15, 0.2) is 18.5 Å². The summed E-state index contributed by atoms with van der Waals surface area (Å²) < 4.78 is 0. The standard InChI is InChI=1S/C15H23N3O2/c1-4-5-6-9-18(12(2)3)15-16-10-13(11-17-15)7-8-14(19)20/h7-8,10-12H,4-6,9H2,1-3H3,(H,19,20)/b8-7+. The summed E-state index contributed by atoms with van der Waals surface area (Å²) in [5.74, 6) is -0.277. The van der Waals surface area contributed by atoms with Crippen LogP contribution in [0.1, 0.15) is 45.6 Å². The largest absolute Gasteiger partial charge is 0.478 e. The van der Waals surface area contributed by atoms with E-state index in [0.29, 0.717) is 17.6 Å². The zero-order valence-corrected chi connectivity index (χ0v) is 12.4. The van der Waals surface area contributed by atoms with Crippen LogP contribution in [0.25, 0.3) is 6.08 Å². The van der Waals surface area contributed by atoms with E-state index in [1.807, 2.05) is 0 Å². The summed E-state index contributed by atoms with van der Waals surface area (Å²) in [6.45, 7) is 7.36. The monoisotopic (exact) mass is 277 g/mol. The number of nitrogens with zero attached hydrogens (tertiary/aromatic N) is 3. The molecule has 1 rings (SSSR count). The molecule has 1 N–H and O–H groups in total. The number of anilines is 1. The van der Waals surface area contributed by atoms with Gasteiger partial charge in [0, 0.05) is 36.6 Å². The summed E-state index contributed by atoms with van der Waals surface area (Å²) >= 11 is 0. The van der Waals surface area contributed by atoms with Gasteiger partial charge in [-0.15, -0.1) is 0 Å². The molecule has 0 aliphatic rings. The molecule has 5 nitrogen and oxygen atoms in total. The van der Waals surface area contributed by atoms with Gasteiger partial charge in [0.05, 0.1) is 0 Å². The molecule has 0 aliphatic heterocycles. The summed E-state index contributed by atoms with van der Waals surface area (Å²) in [6, 6.07) is 0.340. The van der Waals surface area contributed by atoms with E-state index in [4.69, 9.17) is 5.11 Å². The molecule has 0 saturated heterocycles. The molecule has 5 heteroatoms. The Morgan fingerprint density at radius 1 is 1.35 bits per heavy atom. The van der Waals surface area contributed by atoms with Crippen LogP contribution in [0.4, 0.5) is 5.95 Å². The van der Waals surface area contributed by atoms with Gasteiger partial charge >= 0.3 is 5.97 Å². The average Bonchev–Trinajstić information content (AvgIpc) is 2.42. The zero-order chi connectivity index (χ0) is 15.0. The first-order valence-electron chi connectivity index (χ1n) is 7.04. The van der Waals surface area contributed by atoms with Crippen LogP contribution in [-0.4, -0.2) is 33.6 Å². The zero-order valence-electron chi connectivity index (χ0n) is 12.4. The Hall–Kier alpha value is -1.91. The van der Waals surface area contributed by atoms with Gasteiger partial charge < -0.3 is 10.0 Å². The van der Waals surface area contributed by atoms with E-state index in [-0.39, 0.29) is 0 Å². The summed E-state index contributed by atoms with van der Waals surface area (Å²) in [6.07, 6.45) is 9.38. The second-order valence-electron chi connectivity index (χ2n) is 4.98. The normalized spacial score (nSPS) is 11.2. The molecule has 20 heavy (non-hydrogen) atoms. The van der Waals surface area contributed by atoms with E-state index in [1.54, 1.807) is 12.4 Å². The number of hydrogen-bond donors (Lipinski definition) is 1. The number of carbonyl (C=O) groups is 1. The highest BCUT2D eigenvalue weighted by atomic mass is 16.4. The smallest absolute Gasteiger partial charge is 0.328 e. The van der Waals surface area contributed by atoms with Gasteiger partial charge in [0.15, 0.2) is 0 Å². The highest BCUT2D eigenvalue weighted by Crippen LogP contribution is 2.13. The fourth-order valence-electron chi connectivity index (χ4n) is 1.85. The number of rotatable bonds is 8. The Kier molecular flexibility index (Phi) is 6.70. The third-order valence-corrected chi connectivity index (χ3v) is 2.96. The maximum absolute atomic E-state index is 10.4. The van der Waals surface area contributed by atoms with E-state index in [2.05, 4.69) is 35.6 Å². The summed E-state index contributed by atoms with van der Waals surface area (Å²) in [7, 11) is 0. The number of unbranched alkanes of at least 4 members (excludes halogenated alkanes) is 2. The van der Waals surface area contributed by atoms with Crippen molar-refractivity contribution in [2.24, 2.45) is 0 Å². The number of carboxylic acid groups (broad SMARTS) is 1. The van der Waals surface area contributed by atoms with Gasteiger partial charge in [-0.05, 0) is 26.3 Å². The topological polar surface area (TPSA) is 66.3 Å². The Balaban J connectivity index is 2.74. The lowest BCUT2D eigenvalue weighted by atomic mass is 10.2. The summed E-state index contributed by atoms with van der Waals surface area (Å²) in [4.78, 5) is 21.3. The van der Waals surface area contributed by atoms with Crippen molar-refractivity contribution in [3.8, 4) is 0 Å². The van der Waals surface area contributed by atoms with Gasteiger partial charge in [-0.3, -0.25) is 0 Å². The molecule has 0 spiro atoms. The highest BCUT2D eigenvalue weighted by Gasteiger charge is 2.12. The predicted octanol–water partition coefficient (Wildman–Crippen LogP) is 2.98. The summed E-state index contributed by atoms with van der Waals surface area (Å²) in [5, 5.41) is 8.58. The maximum atomic E-state index is 10.4. The first-order chi connectivity index (χ1) is 9.54. The Morgan fingerprint density at radius 2 is 2.00 bits per heavy atom. The molecule has 0 saturated carbocycles. The lowest BCUT2D eigenvalue weighted by molar-refractivity contribution is -0.131. The third kappa shape index (κ3) is 5.38. The molecule has 0 amide bonds. The SMILES string of the molecule is CCCCCN(c1ncc(/C=C/C(=O)O)cn1)C(C)C. The lowest BCUT2D eigenvalue weighted by Crippen LogP contribution is -2.33. The molecule has 0 radical (unpaired) electrons. The predicted molar refractivity (Wildman–Crippen MR) is 80.7 cm³/mol. The molecule has 0 bridgehead atoms. The van der Waals surface area contributed by atoms with Gasteiger partial charge in [-0.25, -0.2) is 14.8 Å². The van der Waals surface area contributed by atoms with Crippen molar-refractivity contribution in [1.82, 2.24) is 9.97 Å². The van der Waals surface area contributed by atoms with Crippen LogP contribution < -0.4 is 4.90 Å². The first-order valence-corrected chi connectivity index (χ1v) is 7.04. The van der Waals surface area contributed by atoms with Crippen molar-refractivity contribution in [2.45, 2.75) is 46.1 Å². The van der Waals surface area contributed by atoms with E-state index in [0.717, 1.165) is 19.0 Å². The van der Waals surface area contributed by atoms with Crippen LogP contribution in [0.2, 0.25) is 0 Å². The number of carboxylic acids is 1. The summed E-state index contributed by atoms with van der Waals surface area (Å²) in [5.41, 5.74) is 0.688. The Labute approximate surface area is 120 Å². The molecular formula is C15H23N3O2. The molecule has 1 heterocycles. The second-order valence-corrected chi connectivity index (χ2v) is 4.98. The number of hydrogen-bond acceptors (Lipinski definition) is 4. The van der Waals surface area contributed by atoms with E-state index >= 15 is 0 Å². The van der Waals surface area contributed by atoms with Crippen molar-refractivity contribution in [1.29, 1.82) is 0 Å². The molecular weight excluding hydrogens is 254 g/mol. The van der Waals surface area contributed by atoms with Crippen LogP contribution in [0, 0.1) is 0 Å². The Bertz CT molecular complexity index is 441. The molecule has 0 atom stereocenters. The quantitative estimate of drug-likeness (QED) is 0.584. The molecule has 110 valence electrons. The highest BCUT2D eigenvalue weighted by molar-refractivity contribution is 5.85. The fraction of sp³-hybridized carbons (Fsp3) is 0.533. The molecule has 0 fully saturated rings. The van der Waals surface area contributed by atoms with Crippen LogP contribution in [0.5, 0.6) is 0 Å². The van der Waals surface area contributed by atoms with Crippen LogP contribution in [-0.2, 0) is 4.79 Å². The second kappa shape index (κ2) is 8.30. The van der Waals surface area contributed by atoms with Crippen molar-refractivity contribution in [3.05, 3.63) is 24.0 Å². The van der Waals surface area contributed by atoms with E-state index in [1.165, 1.54) is 18.9 Å². The van der Waals surface area contributed by atoms with Gasteiger partial charge in [0.2, 0.25) is 5.95 Å². The van der Waals surface area contributed by atoms with Crippen molar-refractivity contribution in [3.63, 3.8) is 0 Å². The van der Waals surface area contributed by atoms with Crippen molar-refractivity contribution >= 4 is 18.0 Å². The average molecular weight is 277 g/mol. The van der Waals surface area contributed by atoms with Gasteiger partial charge in [-0.1, -0.05) is 19.8 Å². The molecule has 1 aromatic rings. The van der Waals surface area contributed by atoms with Crippen LogP contribution in [0.3, 0.4) is 0 Å². The number of aromatic nitrogens is 2. The minimum absolute atomic E-state index is 0.340. The molecule has 1 aromatic heterocycles. The fourth-order valence-corrected chi connectivity index (χ4v) is 1.85.